The van der Waals surface area contributed by atoms with Gasteiger partial charge in [-0.3, -0.25) is 9.78 Å². The second-order valence-electron chi connectivity index (χ2n) is 5.73. The fraction of sp³-hybridized carbons (Fsp3) is 0.600. The van der Waals surface area contributed by atoms with Gasteiger partial charge in [0.2, 0.25) is 0 Å². The number of pyridine rings is 1. The molecule has 0 radical (unpaired) electrons. The zero-order valence-corrected chi connectivity index (χ0v) is 13.0. The normalized spacial score (nSPS) is 11.4. The van der Waals surface area contributed by atoms with E-state index in [9.17, 15) is 4.79 Å². The van der Waals surface area contributed by atoms with Crippen molar-refractivity contribution < 1.29 is 4.79 Å². The zero-order chi connectivity index (χ0) is 14.5. The van der Waals surface area contributed by atoms with Crippen LogP contribution in [0.2, 0.25) is 0 Å². The van der Waals surface area contributed by atoms with Gasteiger partial charge in [-0.2, -0.15) is 0 Å². The lowest BCUT2D eigenvalue weighted by Crippen LogP contribution is -2.34. The standard InChI is InChI=1S/C15H23ClN2O/c1-11-6-7-13(12(2)18-11)14(19)17-10-15(3,4)8-5-9-16/h6-7H,5,8-10H2,1-4H3,(H,17,19). The van der Waals surface area contributed by atoms with Gasteiger partial charge in [-0.1, -0.05) is 13.8 Å². The molecule has 3 nitrogen and oxygen atoms in total. The minimum absolute atomic E-state index is 0.0519. The zero-order valence-electron chi connectivity index (χ0n) is 12.2. The van der Waals surface area contributed by atoms with Gasteiger partial charge in [-0.05, 0) is 44.2 Å². The molecule has 1 rings (SSSR count). The average Bonchev–Trinajstić information content (AvgIpc) is 2.34. The summed E-state index contributed by atoms with van der Waals surface area (Å²) in [7, 11) is 0. The van der Waals surface area contributed by atoms with E-state index in [1.807, 2.05) is 26.0 Å². The molecule has 1 N–H and O–H groups in total. The van der Waals surface area contributed by atoms with Gasteiger partial charge in [-0.15, -0.1) is 11.6 Å². The van der Waals surface area contributed by atoms with Crippen molar-refractivity contribution in [2.75, 3.05) is 12.4 Å². The first-order valence-corrected chi connectivity index (χ1v) is 7.17. The lowest BCUT2D eigenvalue weighted by atomic mass is 9.88. The van der Waals surface area contributed by atoms with Gasteiger partial charge in [-0.25, -0.2) is 0 Å². The number of aromatic nitrogens is 1. The van der Waals surface area contributed by atoms with E-state index in [2.05, 4.69) is 24.1 Å². The Morgan fingerprint density at radius 3 is 2.63 bits per heavy atom. The molecule has 0 atom stereocenters. The summed E-state index contributed by atoms with van der Waals surface area (Å²) in [5, 5.41) is 2.99. The smallest absolute Gasteiger partial charge is 0.253 e. The minimum Gasteiger partial charge on any atom is -0.351 e. The number of hydrogen-bond donors (Lipinski definition) is 1. The highest BCUT2D eigenvalue weighted by Crippen LogP contribution is 2.21. The van der Waals surface area contributed by atoms with Gasteiger partial charge in [0, 0.05) is 18.1 Å². The van der Waals surface area contributed by atoms with Crippen molar-refractivity contribution in [1.29, 1.82) is 0 Å². The molecule has 0 spiro atoms. The summed E-state index contributed by atoms with van der Waals surface area (Å²) in [5.74, 6) is 0.613. The molecular weight excluding hydrogens is 260 g/mol. The molecule has 0 fully saturated rings. The third-order valence-electron chi connectivity index (χ3n) is 3.18. The Morgan fingerprint density at radius 1 is 1.37 bits per heavy atom. The fourth-order valence-electron chi connectivity index (χ4n) is 1.98. The SMILES string of the molecule is Cc1ccc(C(=O)NCC(C)(C)CCCCl)c(C)n1. The number of halogens is 1. The quantitative estimate of drug-likeness (QED) is 0.812. The van der Waals surface area contributed by atoms with Gasteiger partial charge in [0.1, 0.15) is 0 Å². The topological polar surface area (TPSA) is 42.0 Å². The van der Waals surface area contributed by atoms with E-state index in [1.54, 1.807) is 0 Å². The predicted octanol–water partition coefficient (Wildman–Crippen LogP) is 3.47. The summed E-state index contributed by atoms with van der Waals surface area (Å²) in [6, 6.07) is 3.69. The molecule has 19 heavy (non-hydrogen) atoms. The molecular formula is C15H23ClN2O. The Kier molecular flexibility index (Phi) is 5.80. The van der Waals surface area contributed by atoms with Gasteiger partial charge in [0.05, 0.1) is 11.3 Å². The van der Waals surface area contributed by atoms with Crippen LogP contribution in [0.5, 0.6) is 0 Å². The maximum atomic E-state index is 12.1. The van der Waals surface area contributed by atoms with Crippen LogP contribution in [0.4, 0.5) is 0 Å². The van der Waals surface area contributed by atoms with Crippen molar-refractivity contribution in [2.24, 2.45) is 5.41 Å². The molecule has 0 aromatic carbocycles. The molecule has 106 valence electrons. The van der Waals surface area contributed by atoms with Crippen LogP contribution in [0, 0.1) is 19.3 Å². The van der Waals surface area contributed by atoms with Crippen LogP contribution < -0.4 is 5.32 Å². The number of hydrogen-bond acceptors (Lipinski definition) is 2. The molecule has 0 aliphatic rings. The molecule has 1 amide bonds. The number of alkyl halides is 1. The lowest BCUT2D eigenvalue weighted by molar-refractivity contribution is 0.0933. The van der Waals surface area contributed by atoms with Gasteiger partial charge in [0.15, 0.2) is 0 Å². The molecule has 1 aromatic heterocycles. The summed E-state index contributed by atoms with van der Waals surface area (Å²) in [6.45, 7) is 8.71. The van der Waals surface area contributed by atoms with Crippen molar-refractivity contribution >= 4 is 17.5 Å². The monoisotopic (exact) mass is 282 g/mol. The van der Waals surface area contributed by atoms with Crippen LogP contribution in [-0.2, 0) is 0 Å². The highest BCUT2D eigenvalue weighted by Gasteiger charge is 2.19. The van der Waals surface area contributed by atoms with E-state index in [0.29, 0.717) is 18.0 Å². The summed E-state index contributed by atoms with van der Waals surface area (Å²) in [6.07, 6.45) is 1.97. The van der Waals surface area contributed by atoms with Crippen LogP contribution in [0.1, 0.15) is 48.4 Å². The van der Waals surface area contributed by atoms with E-state index in [1.165, 1.54) is 0 Å². The third-order valence-corrected chi connectivity index (χ3v) is 3.45. The van der Waals surface area contributed by atoms with Crippen molar-refractivity contribution in [3.05, 3.63) is 29.1 Å². The minimum atomic E-state index is -0.0519. The molecule has 0 aliphatic heterocycles. The number of rotatable bonds is 6. The van der Waals surface area contributed by atoms with E-state index in [-0.39, 0.29) is 11.3 Å². The lowest BCUT2D eigenvalue weighted by Gasteiger charge is -2.24. The largest absolute Gasteiger partial charge is 0.351 e. The first-order chi connectivity index (χ1) is 8.85. The number of aryl methyl sites for hydroxylation is 2. The second kappa shape index (κ2) is 6.90. The maximum absolute atomic E-state index is 12.1. The predicted molar refractivity (Wildman–Crippen MR) is 79.8 cm³/mol. The highest BCUT2D eigenvalue weighted by molar-refractivity contribution is 6.17. The second-order valence-corrected chi connectivity index (χ2v) is 6.10. The van der Waals surface area contributed by atoms with Crippen molar-refractivity contribution in [1.82, 2.24) is 10.3 Å². The van der Waals surface area contributed by atoms with Crippen molar-refractivity contribution in [3.63, 3.8) is 0 Å². The Hall–Kier alpha value is -1.09. The van der Waals surface area contributed by atoms with Crippen LogP contribution in [0.25, 0.3) is 0 Å². The maximum Gasteiger partial charge on any atom is 0.253 e. The number of nitrogens with one attached hydrogen (secondary N) is 1. The molecule has 0 unspecified atom stereocenters. The van der Waals surface area contributed by atoms with E-state index in [4.69, 9.17) is 11.6 Å². The van der Waals surface area contributed by atoms with Crippen LogP contribution in [0.15, 0.2) is 12.1 Å². The van der Waals surface area contributed by atoms with E-state index < -0.39 is 0 Å². The molecule has 4 heteroatoms. The van der Waals surface area contributed by atoms with Crippen LogP contribution in [-0.4, -0.2) is 23.3 Å². The number of nitrogens with zero attached hydrogens (tertiary/aromatic N) is 1. The molecule has 0 saturated carbocycles. The summed E-state index contributed by atoms with van der Waals surface area (Å²) in [5.41, 5.74) is 2.42. The molecule has 0 bridgehead atoms. The molecule has 0 saturated heterocycles. The number of carbonyl (C=O) groups is 1. The number of carbonyl (C=O) groups excluding carboxylic acids is 1. The Balaban J connectivity index is 2.60. The molecule has 0 aliphatic carbocycles. The Bertz CT molecular complexity index is 444. The summed E-state index contributed by atoms with van der Waals surface area (Å²) >= 11 is 5.71. The average molecular weight is 283 g/mol. The van der Waals surface area contributed by atoms with Gasteiger partial charge >= 0.3 is 0 Å². The first-order valence-electron chi connectivity index (χ1n) is 6.64. The van der Waals surface area contributed by atoms with Crippen molar-refractivity contribution in [2.45, 2.75) is 40.5 Å². The van der Waals surface area contributed by atoms with E-state index in [0.717, 1.165) is 24.2 Å². The third kappa shape index (κ3) is 5.19. The summed E-state index contributed by atoms with van der Waals surface area (Å²) in [4.78, 5) is 16.4. The van der Waals surface area contributed by atoms with Gasteiger partial charge in [0.25, 0.3) is 5.91 Å². The first kappa shape index (κ1) is 16.0. The van der Waals surface area contributed by atoms with Crippen LogP contribution >= 0.6 is 11.6 Å². The van der Waals surface area contributed by atoms with Crippen LogP contribution in [0.3, 0.4) is 0 Å². The molecule has 1 heterocycles. The highest BCUT2D eigenvalue weighted by atomic mass is 35.5. The Labute approximate surface area is 120 Å². The van der Waals surface area contributed by atoms with Gasteiger partial charge < -0.3 is 5.32 Å². The Morgan fingerprint density at radius 2 is 2.05 bits per heavy atom. The summed E-state index contributed by atoms with van der Waals surface area (Å²) < 4.78 is 0. The fourth-order valence-corrected chi connectivity index (χ4v) is 2.11. The van der Waals surface area contributed by atoms with Crippen molar-refractivity contribution in [3.8, 4) is 0 Å². The molecule has 1 aromatic rings. The number of amides is 1. The van der Waals surface area contributed by atoms with E-state index >= 15 is 0 Å².